The zero-order chi connectivity index (χ0) is 22.5. The van der Waals surface area contributed by atoms with Crippen molar-refractivity contribution >= 4 is 39.7 Å². The number of hydrogen-bond donors (Lipinski definition) is 2. The van der Waals surface area contributed by atoms with E-state index in [9.17, 15) is 0 Å². The summed E-state index contributed by atoms with van der Waals surface area (Å²) in [6.07, 6.45) is 0. The molecule has 1 aliphatic rings. The maximum Gasteiger partial charge on any atom is 0.171 e. The Morgan fingerprint density at radius 1 is 1.06 bits per heavy atom. The highest BCUT2D eigenvalue weighted by Gasteiger charge is 2.17. The molecule has 0 atom stereocenters. The molecule has 6 nitrogen and oxygen atoms in total. The van der Waals surface area contributed by atoms with Crippen LogP contribution in [0.4, 0.5) is 11.5 Å². The molecule has 1 aliphatic heterocycles. The van der Waals surface area contributed by atoms with Crippen LogP contribution in [-0.4, -0.2) is 54.8 Å². The Hall–Kier alpha value is -2.90. The molecule has 1 aromatic heterocycles. The van der Waals surface area contributed by atoms with Crippen LogP contribution in [0, 0.1) is 6.92 Å². The molecule has 4 rings (SSSR count). The molecule has 0 aliphatic carbocycles. The minimum Gasteiger partial charge on any atom is -0.497 e. The molecule has 0 amide bonds. The maximum atomic E-state index is 5.49. The van der Waals surface area contributed by atoms with Gasteiger partial charge in [0.25, 0.3) is 0 Å². The first-order chi connectivity index (χ1) is 15.6. The summed E-state index contributed by atoms with van der Waals surface area (Å²) in [6.45, 7) is 10.4. The van der Waals surface area contributed by atoms with Crippen molar-refractivity contribution < 1.29 is 4.74 Å². The Morgan fingerprint density at radius 3 is 2.50 bits per heavy atom. The lowest BCUT2D eigenvalue weighted by atomic mass is 10.1. The number of hydrogen-bond acceptors (Lipinski definition) is 5. The third-order valence-corrected chi connectivity index (χ3v) is 6.26. The molecule has 1 fully saturated rings. The Morgan fingerprint density at radius 2 is 1.81 bits per heavy atom. The molecule has 0 spiro atoms. The molecule has 1 saturated heterocycles. The van der Waals surface area contributed by atoms with Crippen LogP contribution in [0.5, 0.6) is 5.75 Å². The zero-order valence-electron chi connectivity index (χ0n) is 19.0. The van der Waals surface area contributed by atoms with Crippen LogP contribution in [0.15, 0.2) is 48.5 Å². The van der Waals surface area contributed by atoms with Gasteiger partial charge in [0.2, 0.25) is 0 Å². The van der Waals surface area contributed by atoms with Gasteiger partial charge in [-0.25, -0.2) is 4.98 Å². The number of nitrogens with zero attached hydrogens (tertiary/aromatic N) is 3. The molecule has 2 N–H and O–H groups in total. The smallest absolute Gasteiger partial charge is 0.171 e. The molecule has 0 saturated carbocycles. The van der Waals surface area contributed by atoms with Crippen molar-refractivity contribution in [2.24, 2.45) is 0 Å². The number of thiocarbonyl (C=S) groups is 1. The lowest BCUT2D eigenvalue weighted by Crippen LogP contribution is -2.46. The Labute approximate surface area is 195 Å². The fourth-order valence-corrected chi connectivity index (χ4v) is 4.20. The van der Waals surface area contributed by atoms with Crippen LogP contribution in [-0.2, 0) is 6.54 Å². The second kappa shape index (κ2) is 10.1. The fourth-order valence-electron chi connectivity index (χ4n) is 4.01. The molecule has 168 valence electrons. The number of methoxy groups -OCH3 is 1. The van der Waals surface area contributed by atoms with Crippen molar-refractivity contribution in [3.05, 3.63) is 59.7 Å². The number of likely N-dealkylation sites (N-methyl/N-ethyl adjacent to an activating group) is 1. The number of rotatable bonds is 6. The topological polar surface area (TPSA) is 52.7 Å². The lowest BCUT2D eigenvalue weighted by Gasteiger charge is -2.35. The molecule has 3 aromatic rings. The molecule has 0 radical (unpaired) electrons. The summed E-state index contributed by atoms with van der Waals surface area (Å²) in [4.78, 5) is 9.81. The van der Waals surface area contributed by atoms with Gasteiger partial charge in [-0.15, -0.1) is 0 Å². The van der Waals surface area contributed by atoms with Crippen molar-refractivity contribution in [1.29, 1.82) is 0 Å². The first kappa shape index (κ1) is 22.3. The summed E-state index contributed by atoms with van der Waals surface area (Å²) in [6, 6.07) is 16.4. The van der Waals surface area contributed by atoms with Gasteiger partial charge in [0.1, 0.15) is 11.6 Å². The maximum absolute atomic E-state index is 5.49. The van der Waals surface area contributed by atoms with E-state index in [1.165, 1.54) is 5.56 Å². The van der Waals surface area contributed by atoms with E-state index in [-0.39, 0.29) is 0 Å². The Balaban J connectivity index is 1.40. The summed E-state index contributed by atoms with van der Waals surface area (Å²) in [5.41, 5.74) is 4.34. The van der Waals surface area contributed by atoms with Crippen LogP contribution in [0.3, 0.4) is 0 Å². The molecule has 2 aromatic carbocycles. The van der Waals surface area contributed by atoms with Crippen LogP contribution in [0.1, 0.15) is 18.1 Å². The molecular formula is C25H31N5OS. The quantitative estimate of drug-likeness (QED) is 0.548. The van der Waals surface area contributed by atoms with Gasteiger partial charge in [-0.1, -0.05) is 19.1 Å². The van der Waals surface area contributed by atoms with E-state index in [0.29, 0.717) is 11.7 Å². The van der Waals surface area contributed by atoms with E-state index in [4.69, 9.17) is 21.9 Å². The third-order valence-electron chi connectivity index (χ3n) is 6.02. The number of benzene rings is 2. The number of fused-ring (bicyclic) bond motifs is 1. The molecule has 0 unspecified atom stereocenters. The molecule has 2 heterocycles. The predicted molar refractivity (Wildman–Crippen MR) is 137 cm³/mol. The van der Waals surface area contributed by atoms with Crippen LogP contribution >= 0.6 is 12.2 Å². The van der Waals surface area contributed by atoms with Gasteiger partial charge in [0.15, 0.2) is 5.11 Å². The second-order valence-electron chi connectivity index (χ2n) is 8.11. The van der Waals surface area contributed by atoms with E-state index in [2.05, 4.69) is 52.5 Å². The van der Waals surface area contributed by atoms with Crippen LogP contribution < -0.4 is 20.3 Å². The van der Waals surface area contributed by atoms with Gasteiger partial charge < -0.3 is 25.2 Å². The van der Waals surface area contributed by atoms with Crippen molar-refractivity contribution in [2.75, 3.05) is 50.1 Å². The highest BCUT2D eigenvalue weighted by Crippen LogP contribution is 2.26. The van der Waals surface area contributed by atoms with E-state index in [1.807, 2.05) is 30.3 Å². The van der Waals surface area contributed by atoms with Crippen molar-refractivity contribution in [3.63, 3.8) is 0 Å². The van der Waals surface area contributed by atoms with Gasteiger partial charge in [-0.3, -0.25) is 0 Å². The van der Waals surface area contributed by atoms with Crippen molar-refractivity contribution in [1.82, 2.24) is 15.2 Å². The predicted octanol–water partition coefficient (Wildman–Crippen LogP) is 4.18. The third kappa shape index (κ3) is 5.29. The second-order valence-corrected chi connectivity index (χ2v) is 8.51. The van der Waals surface area contributed by atoms with Gasteiger partial charge in [0, 0.05) is 43.8 Å². The first-order valence-electron chi connectivity index (χ1n) is 11.1. The summed E-state index contributed by atoms with van der Waals surface area (Å²) in [5.74, 6) is 1.92. The number of pyridine rings is 1. The number of anilines is 2. The minimum atomic E-state index is 0.594. The Bertz CT molecular complexity index is 1080. The normalized spacial score (nSPS) is 14.4. The van der Waals surface area contributed by atoms with Crippen LogP contribution in [0.25, 0.3) is 10.9 Å². The first-order valence-corrected chi connectivity index (χ1v) is 11.5. The molecule has 7 heteroatoms. The molecule has 0 bridgehead atoms. The summed E-state index contributed by atoms with van der Waals surface area (Å²) >= 11 is 5.49. The number of nitrogens with one attached hydrogen (secondary N) is 2. The van der Waals surface area contributed by atoms with E-state index in [0.717, 1.165) is 66.4 Å². The average molecular weight is 450 g/mol. The van der Waals surface area contributed by atoms with Gasteiger partial charge in [-0.2, -0.15) is 0 Å². The lowest BCUT2D eigenvalue weighted by molar-refractivity contribution is 0.270. The number of piperazine rings is 1. The number of ether oxygens (including phenoxy) is 1. The number of aryl methyl sites for hydroxylation is 1. The zero-order valence-corrected chi connectivity index (χ0v) is 19.8. The Kier molecular flexibility index (Phi) is 7.07. The SMILES string of the molecule is CCN1CCN(c2cc(C)c3cc(NC(=S)NCc4ccc(OC)cc4)ccc3n2)CC1. The molecule has 32 heavy (non-hydrogen) atoms. The van der Waals surface area contributed by atoms with E-state index < -0.39 is 0 Å². The van der Waals surface area contributed by atoms with Gasteiger partial charge in [-0.05, 0) is 73.2 Å². The summed E-state index contributed by atoms with van der Waals surface area (Å²) in [7, 11) is 1.67. The largest absolute Gasteiger partial charge is 0.497 e. The standard InChI is InChI=1S/C25H31N5OS/c1-4-29-11-13-30(14-12-29)24-15-18(2)22-16-20(7-10-23(22)28-24)27-25(32)26-17-19-5-8-21(31-3)9-6-19/h5-10,15-16H,4,11-14,17H2,1-3H3,(H2,26,27,32). The van der Waals surface area contributed by atoms with E-state index >= 15 is 0 Å². The highest BCUT2D eigenvalue weighted by atomic mass is 32.1. The minimum absolute atomic E-state index is 0.594. The van der Waals surface area contributed by atoms with Crippen molar-refractivity contribution in [2.45, 2.75) is 20.4 Å². The average Bonchev–Trinajstić information content (AvgIpc) is 2.83. The van der Waals surface area contributed by atoms with Gasteiger partial charge >= 0.3 is 0 Å². The fraction of sp³-hybridized carbons (Fsp3) is 0.360. The summed E-state index contributed by atoms with van der Waals surface area (Å²) < 4.78 is 5.20. The van der Waals surface area contributed by atoms with Gasteiger partial charge in [0.05, 0.1) is 12.6 Å². The van der Waals surface area contributed by atoms with E-state index in [1.54, 1.807) is 7.11 Å². The number of aromatic nitrogens is 1. The van der Waals surface area contributed by atoms with Crippen LogP contribution in [0.2, 0.25) is 0 Å². The monoisotopic (exact) mass is 449 g/mol. The molecular weight excluding hydrogens is 418 g/mol. The van der Waals surface area contributed by atoms with Crippen molar-refractivity contribution in [3.8, 4) is 5.75 Å². The summed E-state index contributed by atoms with van der Waals surface area (Å²) in [5, 5.41) is 8.29. The highest BCUT2D eigenvalue weighted by molar-refractivity contribution is 7.80.